The van der Waals surface area contributed by atoms with E-state index in [0.29, 0.717) is 34.8 Å². The highest BCUT2D eigenvalue weighted by molar-refractivity contribution is 9.10. The normalized spacial score (nSPS) is 13.8. The van der Waals surface area contributed by atoms with Crippen molar-refractivity contribution in [1.82, 2.24) is 0 Å². The molecule has 1 N–H and O–H groups in total. The van der Waals surface area contributed by atoms with Gasteiger partial charge >= 0.3 is 5.97 Å². The van der Waals surface area contributed by atoms with Gasteiger partial charge in [-0.05, 0) is 46.8 Å². The molecule has 0 saturated heterocycles. The van der Waals surface area contributed by atoms with Gasteiger partial charge in [-0.2, -0.15) is 0 Å². The van der Waals surface area contributed by atoms with Crippen LogP contribution in [0.1, 0.15) is 37.7 Å². The van der Waals surface area contributed by atoms with Crippen LogP contribution in [0.4, 0.5) is 4.39 Å². The van der Waals surface area contributed by atoms with Crippen LogP contribution in [-0.2, 0) is 9.53 Å². The van der Waals surface area contributed by atoms with Crippen LogP contribution in [0.15, 0.2) is 22.7 Å². The number of carbonyl (C=O) groups is 1. The molecule has 0 aliphatic carbocycles. The van der Waals surface area contributed by atoms with E-state index in [9.17, 15) is 14.3 Å². The predicted octanol–water partition coefficient (Wildman–Crippen LogP) is 4.16. The number of hydrogen-bond acceptors (Lipinski definition) is 3. The Balaban J connectivity index is 2.68. The zero-order valence-corrected chi connectivity index (χ0v) is 15.0. The van der Waals surface area contributed by atoms with Crippen molar-refractivity contribution >= 4 is 37.8 Å². The lowest BCUT2D eigenvalue weighted by Gasteiger charge is -2.22. The van der Waals surface area contributed by atoms with Gasteiger partial charge in [-0.15, -0.1) is 0 Å². The summed E-state index contributed by atoms with van der Waals surface area (Å²) >= 11 is 6.41. The molecule has 21 heavy (non-hydrogen) atoms. The molecule has 2 atom stereocenters. The molecule has 0 amide bonds. The molecule has 0 spiro atoms. The fourth-order valence-corrected chi connectivity index (χ4v) is 2.98. The molecule has 3 nitrogen and oxygen atoms in total. The van der Waals surface area contributed by atoms with Crippen LogP contribution in [-0.4, -0.2) is 29.1 Å². The maximum absolute atomic E-state index is 14.2. The summed E-state index contributed by atoms with van der Waals surface area (Å²) in [4.78, 5) is 10.7. The van der Waals surface area contributed by atoms with Gasteiger partial charge in [0.25, 0.3) is 0 Å². The Hall–Kier alpha value is -0.460. The minimum absolute atomic E-state index is 0.292. The molecule has 118 valence electrons. The first-order valence-electron chi connectivity index (χ1n) is 6.78. The number of esters is 1. The average Bonchev–Trinajstić information content (AvgIpc) is 2.45. The van der Waals surface area contributed by atoms with E-state index in [2.05, 4.69) is 31.9 Å². The van der Waals surface area contributed by atoms with Crippen LogP contribution in [0.2, 0.25) is 0 Å². The highest BCUT2D eigenvalue weighted by Crippen LogP contribution is 2.31. The second-order valence-corrected chi connectivity index (χ2v) is 6.31. The Morgan fingerprint density at radius 3 is 2.76 bits per heavy atom. The first kappa shape index (κ1) is 18.6. The van der Waals surface area contributed by atoms with Crippen molar-refractivity contribution < 1.29 is 19.0 Å². The Morgan fingerprint density at radius 1 is 1.43 bits per heavy atom. The molecule has 2 unspecified atom stereocenters. The van der Waals surface area contributed by atoms with Crippen LogP contribution >= 0.6 is 31.9 Å². The summed E-state index contributed by atoms with van der Waals surface area (Å²) in [6, 6.07) is 5.09. The van der Waals surface area contributed by atoms with E-state index in [1.807, 2.05) is 0 Å². The second kappa shape index (κ2) is 9.54. The quantitative estimate of drug-likeness (QED) is 0.386. The molecular weight excluding hydrogens is 407 g/mol. The molecule has 0 fully saturated rings. The molecule has 1 rings (SSSR count). The zero-order valence-electron chi connectivity index (χ0n) is 11.8. The van der Waals surface area contributed by atoms with Crippen molar-refractivity contribution in [3.05, 3.63) is 34.1 Å². The van der Waals surface area contributed by atoms with E-state index < -0.39 is 6.10 Å². The van der Waals surface area contributed by atoms with Gasteiger partial charge in [-0.25, -0.2) is 4.39 Å². The fourth-order valence-electron chi connectivity index (χ4n) is 2.15. The molecule has 1 aromatic rings. The van der Waals surface area contributed by atoms with Gasteiger partial charge in [-0.3, -0.25) is 4.79 Å². The van der Waals surface area contributed by atoms with Crippen LogP contribution < -0.4 is 0 Å². The number of alkyl halides is 1. The summed E-state index contributed by atoms with van der Waals surface area (Å²) in [6.45, 7) is 1.72. The molecule has 0 aliphatic heterocycles. The molecule has 0 saturated carbocycles. The molecule has 6 heteroatoms. The largest absolute Gasteiger partial charge is 0.466 e. The van der Waals surface area contributed by atoms with E-state index in [0.717, 1.165) is 6.42 Å². The topological polar surface area (TPSA) is 46.5 Å². The second-order valence-electron chi connectivity index (χ2n) is 4.81. The van der Waals surface area contributed by atoms with Gasteiger partial charge < -0.3 is 9.84 Å². The SMILES string of the molecule is CC(=O)OCCCCC(c1cccc(Br)c1F)C(O)CBr. The fraction of sp³-hybridized carbons (Fsp3) is 0.533. The standard InChI is InChI=1S/C15H19Br2FO3/c1-10(19)21-8-3-2-5-11(14(20)9-16)12-6-4-7-13(17)15(12)18/h4,6-7,11,14,20H,2-3,5,8-9H2,1H3. The minimum atomic E-state index is -0.664. The van der Waals surface area contributed by atoms with Crippen molar-refractivity contribution in [3.63, 3.8) is 0 Å². The maximum atomic E-state index is 14.2. The number of aliphatic hydroxyl groups is 1. The lowest BCUT2D eigenvalue weighted by molar-refractivity contribution is -0.141. The molecule has 0 radical (unpaired) electrons. The van der Waals surface area contributed by atoms with E-state index >= 15 is 0 Å². The summed E-state index contributed by atoms with van der Waals surface area (Å²) < 4.78 is 19.4. The molecule has 0 bridgehead atoms. The van der Waals surface area contributed by atoms with Crippen molar-refractivity contribution in [3.8, 4) is 0 Å². The Morgan fingerprint density at radius 2 is 2.14 bits per heavy atom. The number of hydrogen-bond donors (Lipinski definition) is 1. The van der Waals surface area contributed by atoms with Gasteiger partial charge in [0.15, 0.2) is 0 Å². The summed E-state index contributed by atoms with van der Waals surface area (Å²) in [5, 5.41) is 10.5. The number of halogens is 3. The molecule has 0 aliphatic rings. The number of benzene rings is 1. The van der Waals surface area contributed by atoms with Crippen LogP contribution in [0.5, 0.6) is 0 Å². The van der Waals surface area contributed by atoms with Crippen LogP contribution in [0, 0.1) is 5.82 Å². The summed E-state index contributed by atoms with van der Waals surface area (Å²) in [5.41, 5.74) is 0.504. The third-order valence-electron chi connectivity index (χ3n) is 3.22. The van der Waals surface area contributed by atoms with Crippen molar-refractivity contribution in [2.45, 2.75) is 38.2 Å². The molecular formula is C15H19Br2FO3. The zero-order chi connectivity index (χ0) is 15.8. The summed E-state index contributed by atoms with van der Waals surface area (Å²) in [5.74, 6) is -0.924. The first-order valence-corrected chi connectivity index (χ1v) is 8.70. The third-order valence-corrected chi connectivity index (χ3v) is 4.49. The monoisotopic (exact) mass is 424 g/mol. The average molecular weight is 426 g/mol. The van der Waals surface area contributed by atoms with Gasteiger partial charge in [0, 0.05) is 18.2 Å². The molecule has 0 aromatic heterocycles. The van der Waals surface area contributed by atoms with Crippen molar-refractivity contribution in [2.75, 3.05) is 11.9 Å². The summed E-state index contributed by atoms with van der Waals surface area (Å²) in [6.07, 6.45) is 1.40. The lowest BCUT2D eigenvalue weighted by atomic mass is 9.89. The Labute approximate surface area is 141 Å². The van der Waals surface area contributed by atoms with Gasteiger partial charge in [-0.1, -0.05) is 28.1 Å². The van der Waals surface area contributed by atoms with Crippen LogP contribution in [0.25, 0.3) is 0 Å². The van der Waals surface area contributed by atoms with Gasteiger partial charge in [0.2, 0.25) is 0 Å². The van der Waals surface area contributed by atoms with Crippen molar-refractivity contribution in [1.29, 1.82) is 0 Å². The predicted molar refractivity (Wildman–Crippen MR) is 87.1 cm³/mol. The number of aliphatic hydroxyl groups excluding tert-OH is 1. The van der Waals surface area contributed by atoms with E-state index in [-0.39, 0.29) is 17.7 Å². The highest BCUT2D eigenvalue weighted by Gasteiger charge is 2.23. The van der Waals surface area contributed by atoms with E-state index in [4.69, 9.17) is 4.74 Å². The highest BCUT2D eigenvalue weighted by atomic mass is 79.9. The maximum Gasteiger partial charge on any atom is 0.302 e. The van der Waals surface area contributed by atoms with Crippen LogP contribution in [0.3, 0.4) is 0 Å². The smallest absolute Gasteiger partial charge is 0.302 e. The molecule has 0 heterocycles. The number of carbonyl (C=O) groups excluding carboxylic acids is 1. The van der Waals surface area contributed by atoms with E-state index in [1.54, 1.807) is 18.2 Å². The number of ether oxygens (including phenoxy) is 1. The minimum Gasteiger partial charge on any atom is -0.466 e. The Kier molecular flexibility index (Phi) is 8.44. The Bertz CT molecular complexity index is 468. The number of unbranched alkanes of at least 4 members (excludes halogenated alkanes) is 1. The first-order chi connectivity index (χ1) is 9.97. The summed E-state index contributed by atoms with van der Waals surface area (Å²) in [7, 11) is 0. The lowest BCUT2D eigenvalue weighted by Crippen LogP contribution is -2.21. The number of rotatable bonds is 8. The van der Waals surface area contributed by atoms with Crippen molar-refractivity contribution in [2.24, 2.45) is 0 Å². The third kappa shape index (κ3) is 6.04. The van der Waals surface area contributed by atoms with Gasteiger partial charge in [0.05, 0.1) is 17.2 Å². The van der Waals surface area contributed by atoms with E-state index in [1.165, 1.54) is 6.92 Å². The molecule has 1 aromatic carbocycles. The van der Waals surface area contributed by atoms with Gasteiger partial charge in [0.1, 0.15) is 5.82 Å².